The van der Waals surface area contributed by atoms with E-state index in [1.807, 2.05) is 36.5 Å². The summed E-state index contributed by atoms with van der Waals surface area (Å²) in [7, 11) is 2.14. The number of anilines is 2. The van der Waals surface area contributed by atoms with E-state index in [9.17, 15) is 9.59 Å². The molecule has 0 bridgehead atoms. The topological polar surface area (TPSA) is 163 Å². The third kappa shape index (κ3) is 8.02. The van der Waals surface area contributed by atoms with Crippen molar-refractivity contribution in [3.05, 3.63) is 72.4 Å². The maximum absolute atomic E-state index is 14.0. The van der Waals surface area contributed by atoms with Crippen molar-refractivity contribution in [1.82, 2.24) is 30.5 Å². The molecule has 2 amide bonds. The van der Waals surface area contributed by atoms with Crippen LogP contribution in [0.4, 0.5) is 11.5 Å². The molecule has 2 aliphatic rings. The summed E-state index contributed by atoms with van der Waals surface area (Å²) in [5, 5.41) is 14.1. The number of nitrogens with one attached hydrogen (secondary N) is 1. The van der Waals surface area contributed by atoms with Crippen LogP contribution in [-0.2, 0) is 16.0 Å². The predicted molar refractivity (Wildman–Crippen MR) is 185 cm³/mol. The van der Waals surface area contributed by atoms with Crippen LogP contribution in [0.2, 0.25) is 0 Å². The molecule has 2 aromatic heterocycles. The van der Waals surface area contributed by atoms with Gasteiger partial charge in [0, 0.05) is 43.9 Å². The molecule has 1 atom stereocenters. The average molecular weight is 659 g/mol. The number of nitrogens with zero attached hydrogens (tertiary/aromatic N) is 7. The molecule has 5 N–H and O–H groups in total. The largest absolute Gasteiger partial charge is 0.354 e. The highest BCUT2D eigenvalue weighted by Crippen LogP contribution is 2.32. The Balaban J connectivity index is 0.00000433. The Hall–Kier alpha value is -4.23. The zero-order valence-corrected chi connectivity index (χ0v) is 27.5. The standard InChI is InChI=1S/C34H42N10O2.ClH/c1-42-16-18-43(19-17-42)31-21-28(14-15-37-31)25-6-2-23(3-7-25)20-30(36)34(46)44(33(45)27-8-4-24(22-35)5-9-27)29-12-10-26(11-13-29)32-38-40-41-39-32;/h2-3,6-7,10-15,21,24,27,30H,4-5,8-9,16-20,22,35-36H2,1H3,(H,38,39,40,41);1H/t24?,27?,30-;/m0./s1. The average Bonchev–Trinajstić information content (AvgIpc) is 3.65. The number of aromatic nitrogens is 5. The smallest absolute Gasteiger partial charge is 0.251 e. The molecule has 6 rings (SSSR count). The number of benzene rings is 2. The van der Waals surface area contributed by atoms with Gasteiger partial charge >= 0.3 is 0 Å². The van der Waals surface area contributed by atoms with Gasteiger partial charge in [-0.05, 0) is 110 Å². The van der Waals surface area contributed by atoms with Crippen molar-refractivity contribution in [3.63, 3.8) is 0 Å². The number of rotatable bonds is 9. The van der Waals surface area contributed by atoms with Crippen LogP contribution in [0, 0.1) is 11.8 Å². The predicted octanol–water partition coefficient (Wildman–Crippen LogP) is 3.30. The third-order valence-electron chi connectivity index (χ3n) is 9.33. The van der Waals surface area contributed by atoms with Crippen molar-refractivity contribution in [2.45, 2.75) is 38.1 Å². The Morgan fingerprint density at radius 3 is 2.26 bits per heavy atom. The molecule has 1 saturated heterocycles. The molecule has 1 aliphatic heterocycles. The first-order valence-electron chi connectivity index (χ1n) is 16.1. The number of likely N-dealkylation sites (N-methyl/N-ethyl adjacent to an activating group) is 1. The van der Waals surface area contributed by atoms with Gasteiger partial charge in [0.25, 0.3) is 5.91 Å². The summed E-state index contributed by atoms with van der Waals surface area (Å²) in [6.45, 7) is 4.56. The van der Waals surface area contributed by atoms with E-state index >= 15 is 0 Å². The number of imide groups is 1. The van der Waals surface area contributed by atoms with Gasteiger partial charge in [-0.2, -0.15) is 5.21 Å². The first-order chi connectivity index (χ1) is 22.4. The molecule has 0 radical (unpaired) electrons. The minimum absolute atomic E-state index is 0. The van der Waals surface area contributed by atoms with Gasteiger partial charge in [0.1, 0.15) is 5.82 Å². The quantitative estimate of drug-likeness (QED) is 0.243. The fraction of sp³-hybridized carbons (Fsp3) is 0.412. The van der Waals surface area contributed by atoms with E-state index < -0.39 is 11.9 Å². The number of carbonyl (C=O) groups is 2. The van der Waals surface area contributed by atoms with Crippen LogP contribution in [0.3, 0.4) is 0 Å². The van der Waals surface area contributed by atoms with E-state index in [0.717, 1.165) is 67.1 Å². The summed E-state index contributed by atoms with van der Waals surface area (Å²) in [5.41, 5.74) is 16.7. The summed E-state index contributed by atoms with van der Waals surface area (Å²) in [6, 6.07) is 18.3. The van der Waals surface area contributed by atoms with E-state index in [2.05, 4.69) is 48.5 Å². The van der Waals surface area contributed by atoms with Crippen molar-refractivity contribution in [3.8, 4) is 22.5 Å². The van der Waals surface area contributed by atoms with Crippen LogP contribution >= 0.6 is 12.4 Å². The van der Waals surface area contributed by atoms with E-state index in [0.29, 0.717) is 43.2 Å². The molecule has 12 nitrogen and oxygen atoms in total. The number of nitrogens with two attached hydrogens (primary N) is 2. The van der Waals surface area contributed by atoms with Crippen molar-refractivity contribution < 1.29 is 9.59 Å². The van der Waals surface area contributed by atoms with Gasteiger partial charge in [-0.15, -0.1) is 22.6 Å². The Kier molecular flexibility index (Phi) is 11.3. The maximum atomic E-state index is 14.0. The molecule has 0 spiro atoms. The lowest BCUT2D eigenvalue weighted by Gasteiger charge is -2.33. The Bertz CT molecular complexity index is 1600. The van der Waals surface area contributed by atoms with Crippen LogP contribution in [0.15, 0.2) is 66.9 Å². The molecule has 2 fully saturated rings. The highest BCUT2D eigenvalue weighted by atomic mass is 35.5. The van der Waals surface area contributed by atoms with Crippen LogP contribution in [0.1, 0.15) is 31.2 Å². The van der Waals surface area contributed by atoms with Gasteiger partial charge in [0.15, 0.2) is 0 Å². The lowest BCUT2D eigenvalue weighted by molar-refractivity contribution is -0.130. The maximum Gasteiger partial charge on any atom is 0.251 e. The molecule has 47 heavy (non-hydrogen) atoms. The first kappa shape index (κ1) is 34.1. The van der Waals surface area contributed by atoms with Gasteiger partial charge in [-0.25, -0.2) is 9.88 Å². The molecule has 1 aliphatic carbocycles. The minimum Gasteiger partial charge on any atom is -0.354 e. The second-order valence-electron chi connectivity index (χ2n) is 12.4. The van der Waals surface area contributed by atoms with Gasteiger partial charge in [-0.1, -0.05) is 24.3 Å². The van der Waals surface area contributed by atoms with Gasteiger partial charge in [-0.3, -0.25) is 9.59 Å². The molecule has 0 unspecified atom stereocenters. The Morgan fingerprint density at radius 2 is 1.62 bits per heavy atom. The molecule has 13 heteroatoms. The summed E-state index contributed by atoms with van der Waals surface area (Å²) < 4.78 is 0. The molecule has 1 saturated carbocycles. The number of pyridine rings is 1. The Morgan fingerprint density at radius 1 is 0.936 bits per heavy atom. The summed E-state index contributed by atoms with van der Waals surface area (Å²) in [6.07, 6.45) is 5.30. The van der Waals surface area contributed by atoms with Crippen molar-refractivity contribution >= 4 is 35.7 Å². The zero-order chi connectivity index (χ0) is 32.0. The number of aromatic amines is 1. The van der Waals surface area contributed by atoms with E-state index in [4.69, 9.17) is 11.5 Å². The number of piperazine rings is 1. The summed E-state index contributed by atoms with van der Waals surface area (Å²) in [5.74, 6) is 0.928. The highest BCUT2D eigenvalue weighted by Gasteiger charge is 2.35. The number of hydrogen-bond acceptors (Lipinski definition) is 10. The molecular formula is C34H43ClN10O2. The number of halogens is 1. The lowest BCUT2D eigenvalue weighted by Crippen LogP contribution is -2.50. The number of H-pyrrole nitrogens is 1. The monoisotopic (exact) mass is 658 g/mol. The van der Waals surface area contributed by atoms with Crippen LogP contribution < -0.4 is 21.3 Å². The molecule has 2 aromatic carbocycles. The van der Waals surface area contributed by atoms with Crippen molar-refractivity contribution in [2.75, 3.05) is 49.6 Å². The van der Waals surface area contributed by atoms with Gasteiger partial charge < -0.3 is 21.3 Å². The number of hydrogen-bond donors (Lipinski definition) is 3. The number of carbonyl (C=O) groups excluding carboxylic acids is 2. The number of tetrazole rings is 1. The summed E-state index contributed by atoms with van der Waals surface area (Å²) in [4.78, 5) is 38.4. The van der Waals surface area contributed by atoms with E-state index in [1.54, 1.807) is 24.3 Å². The number of amides is 2. The molecule has 248 valence electrons. The third-order valence-corrected chi connectivity index (χ3v) is 9.33. The summed E-state index contributed by atoms with van der Waals surface area (Å²) >= 11 is 0. The van der Waals surface area contributed by atoms with Crippen LogP contribution in [0.25, 0.3) is 22.5 Å². The van der Waals surface area contributed by atoms with Crippen molar-refractivity contribution in [1.29, 1.82) is 0 Å². The highest BCUT2D eigenvalue weighted by molar-refractivity contribution is 6.17. The second-order valence-corrected chi connectivity index (χ2v) is 12.4. The van der Waals surface area contributed by atoms with Crippen LogP contribution in [-0.4, -0.2) is 88.1 Å². The van der Waals surface area contributed by atoms with Gasteiger partial charge in [0.2, 0.25) is 11.7 Å². The Labute approximate surface area is 281 Å². The van der Waals surface area contributed by atoms with E-state index in [-0.39, 0.29) is 24.2 Å². The molecular weight excluding hydrogens is 616 g/mol. The second kappa shape index (κ2) is 15.6. The van der Waals surface area contributed by atoms with Crippen molar-refractivity contribution in [2.24, 2.45) is 23.3 Å². The van der Waals surface area contributed by atoms with E-state index in [1.165, 1.54) is 4.90 Å². The lowest BCUT2D eigenvalue weighted by atomic mass is 9.81. The fourth-order valence-electron chi connectivity index (χ4n) is 6.38. The molecule has 4 aromatic rings. The van der Waals surface area contributed by atoms with Crippen LogP contribution in [0.5, 0.6) is 0 Å². The SMILES string of the molecule is CN1CCN(c2cc(-c3ccc(C[C@H](N)C(=O)N(C(=O)C4CCC(CN)CC4)c4ccc(-c5nn[nH]n5)cc4)cc3)ccn2)CC1.Cl. The zero-order valence-electron chi connectivity index (χ0n) is 26.7. The normalized spacial score (nSPS) is 19.1. The fourth-order valence-corrected chi connectivity index (χ4v) is 6.38. The molecule has 3 heterocycles. The first-order valence-corrected chi connectivity index (χ1v) is 16.1. The minimum atomic E-state index is -0.906. The van der Waals surface area contributed by atoms with Gasteiger partial charge in [0.05, 0.1) is 11.7 Å².